The minimum absolute atomic E-state index is 0.151. The number of carbonyl (C=O) groups is 1. The molecule has 5 heteroatoms. The summed E-state index contributed by atoms with van der Waals surface area (Å²) in [6, 6.07) is 4.55. The van der Waals surface area contributed by atoms with Gasteiger partial charge in [-0.15, -0.1) is 0 Å². The standard InChI is InChI=1S/C13H17FN2O2/c1-8-12(4-5-18-8)16-7-10-3-2-9(13(15)17)6-11(10)14/h2-3,6,8,12,16H,4-5,7H2,1H3,(H2,15,17). The quantitative estimate of drug-likeness (QED) is 0.846. The van der Waals surface area contributed by atoms with Crippen LogP contribution in [-0.2, 0) is 11.3 Å². The summed E-state index contributed by atoms with van der Waals surface area (Å²) < 4.78 is 19.1. The lowest BCUT2D eigenvalue weighted by molar-refractivity contribution is 0.1000. The molecule has 1 aliphatic rings. The van der Waals surface area contributed by atoms with Crippen LogP contribution >= 0.6 is 0 Å². The molecular weight excluding hydrogens is 235 g/mol. The van der Waals surface area contributed by atoms with Crippen LogP contribution in [0.2, 0.25) is 0 Å². The van der Waals surface area contributed by atoms with Crippen molar-refractivity contribution in [3.63, 3.8) is 0 Å². The number of nitrogens with two attached hydrogens (primary N) is 1. The molecule has 0 aromatic heterocycles. The van der Waals surface area contributed by atoms with Crippen LogP contribution in [0.3, 0.4) is 0 Å². The Morgan fingerprint density at radius 1 is 1.61 bits per heavy atom. The van der Waals surface area contributed by atoms with Crippen LogP contribution in [0.15, 0.2) is 18.2 Å². The molecule has 2 unspecified atom stereocenters. The molecule has 1 amide bonds. The summed E-state index contributed by atoms with van der Waals surface area (Å²) >= 11 is 0. The highest BCUT2D eigenvalue weighted by atomic mass is 19.1. The number of hydrogen-bond donors (Lipinski definition) is 2. The Kier molecular flexibility index (Phi) is 3.93. The summed E-state index contributed by atoms with van der Waals surface area (Å²) in [4.78, 5) is 10.9. The monoisotopic (exact) mass is 252 g/mol. The lowest BCUT2D eigenvalue weighted by Gasteiger charge is -2.16. The predicted molar refractivity (Wildman–Crippen MR) is 65.6 cm³/mol. The van der Waals surface area contributed by atoms with Crippen LogP contribution in [0.1, 0.15) is 29.3 Å². The first-order valence-corrected chi connectivity index (χ1v) is 6.01. The topological polar surface area (TPSA) is 64.3 Å². The maximum absolute atomic E-state index is 13.7. The van der Waals surface area contributed by atoms with E-state index in [0.29, 0.717) is 12.1 Å². The van der Waals surface area contributed by atoms with Crippen LogP contribution in [0.25, 0.3) is 0 Å². The summed E-state index contributed by atoms with van der Waals surface area (Å²) in [5, 5.41) is 3.26. The Labute approximate surface area is 105 Å². The highest BCUT2D eigenvalue weighted by Crippen LogP contribution is 2.15. The van der Waals surface area contributed by atoms with E-state index in [0.717, 1.165) is 13.0 Å². The second-order valence-corrected chi connectivity index (χ2v) is 4.52. The van der Waals surface area contributed by atoms with Gasteiger partial charge < -0.3 is 15.8 Å². The third-order valence-corrected chi connectivity index (χ3v) is 3.27. The van der Waals surface area contributed by atoms with Crippen LogP contribution in [0, 0.1) is 5.82 Å². The second kappa shape index (κ2) is 5.46. The van der Waals surface area contributed by atoms with E-state index in [-0.39, 0.29) is 17.7 Å². The van der Waals surface area contributed by atoms with Crippen molar-refractivity contribution in [2.24, 2.45) is 5.73 Å². The minimum atomic E-state index is -0.619. The fraction of sp³-hybridized carbons (Fsp3) is 0.462. The molecule has 0 bridgehead atoms. The number of rotatable bonds is 4. The zero-order valence-electron chi connectivity index (χ0n) is 10.3. The lowest BCUT2D eigenvalue weighted by atomic mass is 10.1. The molecule has 98 valence electrons. The van der Waals surface area contributed by atoms with Crippen LogP contribution < -0.4 is 11.1 Å². The maximum Gasteiger partial charge on any atom is 0.248 e. The highest BCUT2D eigenvalue weighted by molar-refractivity contribution is 5.92. The SMILES string of the molecule is CC1OCCC1NCc1ccc(C(N)=O)cc1F. The van der Waals surface area contributed by atoms with Gasteiger partial charge in [-0.3, -0.25) is 4.79 Å². The Hall–Kier alpha value is -1.46. The van der Waals surface area contributed by atoms with Crippen molar-refractivity contribution < 1.29 is 13.9 Å². The molecule has 1 aromatic carbocycles. The van der Waals surface area contributed by atoms with Crippen LogP contribution in [0.5, 0.6) is 0 Å². The number of primary amides is 1. The van der Waals surface area contributed by atoms with Crippen LogP contribution in [0.4, 0.5) is 4.39 Å². The molecule has 0 spiro atoms. The van der Waals surface area contributed by atoms with Crippen LogP contribution in [-0.4, -0.2) is 24.7 Å². The van der Waals surface area contributed by atoms with E-state index in [4.69, 9.17) is 10.5 Å². The molecule has 0 radical (unpaired) electrons. The van der Waals surface area contributed by atoms with Crippen molar-refractivity contribution in [3.05, 3.63) is 35.1 Å². The molecule has 1 aliphatic heterocycles. The molecule has 4 nitrogen and oxygen atoms in total. The first kappa shape index (κ1) is 13.0. The van der Waals surface area contributed by atoms with Gasteiger partial charge in [-0.25, -0.2) is 4.39 Å². The maximum atomic E-state index is 13.7. The van der Waals surface area contributed by atoms with Gasteiger partial charge in [0.15, 0.2) is 0 Å². The Morgan fingerprint density at radius 3 is 2.94 bits per heavy atom. The van der Waals surface area contributed by atoms with E-state index in [2.05, 4.69) is 5.32 Å². The number of nitrogens with one attached hydrogen (secondary N) is 1. The molecule has 1 saturated heterocycles. The summed E-state index contributed by atoms with van der Waals surface area (Å²) in [6.07, 6.45) is 1.08. The first-order chi connectivity index (χ1) is 8.58. The van der Waals surface area contributed by atoms with E-state index >= 15 is 0 Å². The number of amides is 1. The van der Waals surface area contributed by atoms with Gasteiger partial charge in [-0.2, -0.15) is 0 Å². The first-order valence-electron chi connectivity index (χ1n) is 6.01. The largest absolute Gasteiger partial charge is 0.377 e. The van der Waals surface area contributed by atoms with Gasteiger partial charge in [0.25, 0.3) is 0 Å². The summed E-state index contributed by atoms with van der Waals surface area (Å²) in [7, 11) is 0. The van der Waals surface area contributed by atoms with Gasteiger partial charge in [-0.05, 0) is 25.5 Å². The highest BCUT2D eigenvalue weighted by Gasteiger charge is 2.23. The van der Waals surface area contributed by atoms with E-state index in [1.807, 2.05) is 6.92 Å². The normalized spacial score (nSPS) is 23.2. The number of hydrogen-bond acceptors (Lipinski definition) is 3. The van der Waals surface area contributed by atoms with Gasteiger partial charge >= 0.3 is 0 Å². The van der Waals surface area contributed by atoms with Gasteiger partial charge in [0.2, 0.25) is 5.91 Å². The van der Waals surface area contributed by atoms with E-state index in [1.54, 1.807) is 6.07 Å². The number of benzene rings is 1. The molecule has 1 heterocycles. The summed E-state index contributed by atoms with van der Waals surface area (Å²) in [5.74, 6) is -1.03. The smallest absolute Gasteiger partial charge is 0.248 e. The number of ether oxygens (including phenoxy) is 1. The van der Waals surface area contributed by atoms with Crippen molar-refractivity contribution >= 4 is 5.91 Å². The third kappa shape index (κ3) is 2.86. The van der Waals surface area contributed by atoms with Crippen molar-refractivity contribution in [1.29, 1.82) is 0 Å². The van der Waals surface area contributed by atoms with Gasteiger partial charge in [-0.1, -0.05) is 6.07 Å². The van der Waals surface area contributed by atoms with Crippen molar-refractivity contribution in [3.8, 4) is 0 Å². The fourth-order valence-electron chi connectivity index (χ4n) is 2.08. The average Bonchev–Trinajstić information content (AvgIpc) is 2.73. The average molecular weight is 252 g/mol. The Bertz CT molecular complexity index is 451. The zero-order valence-corrected chi connectivity index (χ0v) is 10.3. The molecule has 3 N–H and O–H groups in total. The molecule has 2 atom stereocenters. The molecule has 0 aliphatic carbocycles. The van der Waals surface area contributed by atoms with E-state index in [9.17, 15) is 9.18 Å². The van der Waals surface area contributed by atoms with Crippen molar-refractivity contribution in [2.75, 3.05) is 6.61 Å². The third-order valence-electron chi connectivity index (χ3n) is 3.27. The van der Waals surface area contributed by atoms with Crippen molar-refractivity contribution in [2.45, 2.75) is 32.0 Å². The molecule has 18 heavy (non-hydrogen) atoms. The second-order valence-electron chi connectivity index (χ2n) is 4.52. The van der Waals surface area contributed by atoms with E-state index < -0.39 is 11.7 Å². The summed E-state index contributed by atoms with van der Waals surface area (Å²) in [5.41, 5.74) is 5.80. The molecule has 0 saturated carbocycles. The van der Waals surface area contributed by atoms with Gasteiger partial charge in [0.05, 0.1) is 6.10 Å². The fourth-order valence-corrected chi connectivity index (χ4v) is 2.08. The van der Waals surface area contributed by atoms with Crippen molar-refractivity contribution in [1.82, 2.24) is 5.32 Å². The molecule has 1 aromatic rings. The minimum Gasteiger partial charge on any atom is -0.377 e. The summed E-state index contributed by atoms with van der Waals surface area (Å²) in [6.45, 7) is 3.16. The molecular formula is C13H17FN2O2. The molecule has 2 rings (SSSR count). The molecule has 1 fully saturated rings. The van der Waals surface area contributed by atoms with Gasteiger partial charge in [0.1, 0.15) is 5.82 Å². The Balaban J connectivity index is 1.99. The number of halogens is 1. The Morgan fingerprint density at radius 2 is 2.39 bits per heavy atom. The number of carbonyl (C=O) groups excluding carboxylic acids is 1. The predicted octanol–water partition coefficient (Wildman–Crippen LogP) is 1.19. The zero-order chi connectivity index (χ0) is 13.1. The van der Waals surface area contributed by atoms with E-state index in [1.165, 1.54) is 12.1 Å². The lowest BCUT2D eigenvalue weighted by Crippen LogP contribution is -2.34. The van der Waals surface area contributed by atoms with Gasteiger partial charge in [0, 0.05) is 30.3 Å².